The Balaban J connectivity index is 2.09. The molecule has 1 atom stereocenters. The van der Waals surface area contributed by atoms with Crippen molar-refractivity contribution >= 4 is 11.6 Å². The largest absolute Gasteiger partial charge is 0.382 e. The lowest BCUT2D eigenvalue weighted by Crippen LogP contribution is -2.24. The van der Waals surface area contributed by atoms with Crippen molar-refractivity contribution in [2.75, 3.05) is 5.32 Å². The van der Waals surface area contributed by atoms with Crippen LogP contribution in [0.2, 0.25) is 0 Å². The highest BCUT2D eigenvalue weighted by molar-refractivity contribution is 5.94. The number of halogens is 1. The molecular formula is C14H19FN2O. The number of nitrogens with two attached hydrogens (primary N) is 1. The molecule has 3 nitrogen and oxygen atoms in total. The van der Waals surface area contributed by atoms with Crippen LogP contribution in [0, 0.1) is 11.7 Å². The first kappa shape index (κ1) is 12.9. The number of carbonyl (C=O) groups excluding carboxylic acids is 1. The van der Waals surface area contributed by atoms with Crippen LogP contribution in [0.15, 0.2) is 18.2 Å². The van der Waals surface area contributed by atoms with Crippen LogP contribution >= 0.6 is 0 Å². The van der Waals surface area contributed by atoms with Crippen molar-refractivity contribution < 1.29 is 9.18 Å². The lowest BCUT2D eigenvalue weighted by atomic mass is 9.99. The summed E-state index contributed by atoms with van der Waals surface area (Å²) in [6.45, 7) is 2.13. The van der Waals surface area contributed by atoms with E-state index in [2.05, 4.69) is 12.2 Å². The smallest absolute Gasteiger partial charge is 0.251 e. The van der Waals surface area contributed by atoms with E-state index in [0.717, 1.165) is 5.69 Å². The molecule has 4 heteroatoms. The van der Waals surface area contributed by atoms with E-state index in [1.165, 1.54) is 37.8 Å². The summed E-state index contributed by atoms with van der Waals surface area (Å²) < 4.78 is 13.3. The van der Waals surface area contributed by atoms with Gasteiger partial charge in [-0.3, -0.25) is 4.79 Å². The molecule has 98 valence electrons. The molecule has 1 unspecified atom stereocenters. The van der Waals surface area contributed by atoms with E-state index >= 15 is 0 Å². The Morgan fingerprint density at radius 2 is 2.11 bits per heavy atom. The van der Waals surface area contributed by atoms with Gasteiger partial charge in [0.05, 0.1) is 5.56 Å². The first-order valence-electron chi connectivity index (χ1n) is 6.44. The molecule has 2 rings (SSSR count). The lowest BCUT2D eigenvalue weighted by molar-refractivity contribution is 0.0996. The van der Waals surface area contributed by atoms with Gasteiger partial charge in [-0.05, 0) is 43.9 Å². The summed E-state index contributed by atoms with van der Waals surface area (Å²) >= 11 is 0. The van der Waals surface area contributed by atoms with E-state index in [1.54, 1.807) is 6.07 Å². The summed E-state index contributed by atoms with van der Waals surface area (Å²) in [6, 6.07) is 4.75. The minimum absolute atomic E-state index is 0.0568. The van der Waals surface area contributed by atoms with E-state index in [4.69, 9.17) is 5.73 Å². The highest BCUT2D eigenvalue weighted by Gasteiger charge is 2.21. The van der Waals surface area contributed by atoms with Crippen LogP contribution in [0.1, 0.15) is 43.0 Å². The molecule has 1 aliphatic rings. The SMILES string of the molecule is CC(Nc1ccc(F)c(C(N)=O)c1)C1CCCC1. The standard InChI is InChI=1S/C14H19FN2O/c1-9(10-4-2-3-5-10)17-11-6-7-13(15)12(8-11)14(16)18/h6-10,17H,2-5H2,1H3,(H2,16,18). The first-order chi connectivity index (χ1) is 8.58. The number of amides is 1. The van der Waals surface area contributed by atoms with E-state index in [-0.39, 0.29) is 5.56 Å². The molecule has 1 saturated carbocycles. The summed E-state index contributed by atoms with van der Waals surface area (Å²) in [5.74, 6) is -0.640. The number of primary amides is 1. The molecule has 0 heterocycles. The quantitative estimate of drug-likeness (QED) is 0.863. The van der Waals surface area contributed by atoms with Gasteiger partial charge in [0, 0.05) is 11.7 Å². The van der Waals surface area contributed by atoms with Gasteiger partial charge in [0.2, 0.25) is 0 Å². The summed E-state index contributed by atoms with van der Waals surface area (Å²) in [7, 11) is 0. The zero-order valence-corrected chi connectivity index (χ0v) is 10.6. The van der Waals surface area contributed by atoms with Crippen LogP contribution in [0.25, 0.3) is 0 Å². The fraction of sp³-hybridized carbons (Fsp3) is 0.500. The maximum atomic E-state index is 13.3. The molecule has 0 spiro atoms. The van der Waals surface area contributed by atoms with Crippen molar-refractivity contribution in [3.63, 3.8) is 0 Å². The van der Waals surface area contributed by atoms with E-state index < -0.39 is 11.7 Å². The number of hydrogen-bond acceptors (Lipinski definition) is 2. The Morgan fingerprint density at radius 3 is 2.72 bits per heavy atom. The van der Waals surface area contributed by atoms with Gasteiger partial charge >= 0.3 is 0 Å². The van der Waals surface area contributed by atoms with Crippen molar-refractivity contribution in [3.05, 3.63) is 29.6 Å². The Morgan fingerprint density at radius 1 is 1.44 bits per heavy atom. The van der Waals surface area contributed by atoms with Crippen LogP contribution in [-0.2, 0) is 0 Å². The van der Waals surface area contributed by atoms with Crippen LogP contribution < -0.4 is 11.1 Å². The van der Waals surface area contributed by atoms with E-state index in [0.29, 0.717) is 12.0 Å². The molecule has 1 aromatic rings. The van der Waals surface area contributed by atoms with Crippen molar-refractivity contribution in [3.8, 4) is 0 Å². The summed E-state index contributed by atoms with van der Waals surface area (Å²) in [5, 5.41) is 3.33. The van der Waals surface area contributed by atoms with Gasteiger partial charge in [0.25, 0.3) is 5.91 Å². The molecule has 0 saturated heterocycles. The fourth-order valence-corrected chi connectivity index (χ4v) is 2.64. The average Bonchev–Trinajstić information content (AvgIpc) is 2.85. The van der Waals surface area contributed by atoms with Crippen molar-refractivity contribution in [2.24, 2.45) is 11.7 Å². The number of nitrogens with one attached hydrogen (secondary N) is 1. The monoisotopic (exact) mass is 250 g/mol. The fourth-order valence-electron chi connectivity index (χ4n) is 2.64. The highest BCUT2D eigenvalue weighted by atomic mass is 19.1. The van der Waals surface area contributed by atoms with Gasteiger partial charge in [0.1, 0.15) is 5.82 Å². The maximum Gasteiger partial charge on any atom is 0.251 e. The zero-order chi connectivity index (χ0) is 13.1. The second kappa shape index (κ2) is 5.38. The molecule has 1 aliphatic carbocycles. The molecular weight excluding hydrogens is 231 g/mol. The topological polar surface area (TPSA) is 55.1 Å². The van der Waals surface area contributed by atoms with Gasteiger partial charge in [-0.15, -0.1) is 0 Å². The summed E-state index contributed by atoms with van der Waals surface area (Å²) in [4.78, 5) is 11.1. The van der Waals surface area contributed by atoms with Crippen LogP contribution in [-0.4, -0.2) is 11.9 Å². The number of benzene rings is 1. The molecule has 0 bridgehead atoms. The van der Waals surface area contributed by atoms with Crippen LogP contribution in [0.4, 0.5) is 10.1 Å². The third kappa shape index (κ3) is 2.81. The van der Waals surface area contributed by atoms with Gasteiger partial charge in [-0.2, -0.15) is 0 Å². The normalized spacial score (nSPS) is 17.7. The molecule has 0 aliphatic heterocycles. The Kier molecular flexibility index (Phi) is 3.84. The molecule has 18 heavy (non-hydrogen) atoms. The molecule has 1 aromatic carbocycles. The number of carbonyl (C=O) groups is 1. The number of anilines is 1. The van der Waals surface area contributed by atoms with Gasteiger partial charge in [-0.1, -0.05) is 12.8 Å². The minimum Gasteiger partial charge on any atom is -0.382 e. The molecule has 0 aromatic heterocycles. The van der Waals surface area contributed by atoms with Crippen LogP contribution in [0.3, 0.4) is 0 Å². The maximum absolute atomic E-state index is 13.3. The van der Waals surface area contributed by atoms with Crippen LogP contribution in [0.5, 0.6) is 0 Å². The van der Waals surface area contributed by atoms with Gasteiger partial charge < -0.3 is 11.1 Å². The Bertz CT molecular complexity index is 441. The number of hydrogen-bond donors (Lipinski definition) is 2. The number of rotatable bonds is 4. The second-order valence-corrected chi connectivity index (χ2v) is 5.04. The van der Waals surface area contributed by atoms with Crippen molar-refractivity contribution in [2.45, 2.75) is 38.6 Å². The predicted molar refractivity (Wildman–Crippen MR) is 70.0 cm³/mol. The van der Waals surface area contributed by atoms with Gasteiger partial charge in [0.15, 0.2) is 0 Å². The molecule has 1 amide bonds. The highest BCUT2D eigenvalue weighted by Crippen LogP contribution is 2.29. The van der Waals surface area contributed by atoms with Crippen molar-refractivity contribution in [1.82, 2.24) is 0 Å². The second-order valence-electron chi connectivity index (χ2n) is 5.04. The third-order valence-corrected chi connectivity index (χ3v) is 3.73. The molecule has 3 N–H and O–H groups in total. The molecule has 0 radical (unpaired) electrons. The van der Waals surface area contributed by atoms with Crippen molar-refractivity contribution in [1.29, 1.82) is 0 Å². The van der Waals surface area contributed by atoms with E-state index in [9.17, 15) is 9.18 Å². The predicted octanol–water partition coefficient (Wildman–Crippen LogP) is 2.92. The lowest BCUT2D eigenvalue weighted by Gasteiger charge is -2.21. The summed E-state index contributed by atoms with van der Waals surface area (Å²) in [6.07, 6.45) is 5.04. The Hall–Kier alpha value is -1.58. The first-order valence-corrected chi connectivity index (χ1v) is 6.44. The summed E-state index contributed by atoms with van der Waals surface area (Å²) in [5.41, 5.74) is 5.83. The molecule has 1 fully saturated rings. The minimum atomic E-state index is -0.732. The third-order valence-electron chi connectivity index (χ3n) is 3.73. The van der Waals surface area contributed by atoms with Gasteiger partial charge in [-0.25, -0.2) is 4.39 Å². The zero-order valence-electron chi connectivity index (χ0n) is 10.6. The Labute approximate surface area is 107 Å². The van der Waals surface area contributed by atoms with E-state index in [1.807, 2.05) is 0 Å². The average molecular weight is 250 g/mol.